The summed E-state index contributed by atoms with van der Waals surface area (Å²) in [6.07, 6.45) is 1.03. The van der Waals surface area contributed by atoms with E-state index in [1.807, 2.05) is 0 Å². The van der Waals surface area contributed by atoms with Crippen LogP contribution in [0.5, 0.6) is 0 Å². The number of non-ortho nitro benzene ring substituents is 1. The standard InChI is InChI=1S/C13H11ClN2O6/c1-13(2)21-11(17)8(12(18)22-13)6-15-10-5-7(16(19)20)3-4-9(10)14/h3-6,15H,1-2H3. The lowest BCUT2D eigenvalue weighted by Gasteiger charge is -2.29. The van der Waals surface area contributed by atoms with Crippen LogP contribution >= 0.6 is 11.6 Å². The number of nitrogens with zero attached hydrogens (tertiary/aromatic N) is 1. The molecule has 116 valence electrons. The van der Waals surface area contributed by atoms with E-state index in [0.29, 0.717) is 0 Å². The molecule has 1 aliphatic rings. The van der Waals surface area contributed by atoms with E-state index >= 15 is 0 Å². The number of cyclic esters (lactones) is 2. The quantitative estimate of drug-likeness (QED) is 0.298. The Hall–Kier alpha value is -2.61. The molecular formula is C13H11ClN2O6. The summed E-state index contributed by atoms with van der Waals surface area (Å²) in [5.41, 5.74) is -0.407. The first kappa shape index (κ1) is 15.8. The average Bonchev–Trinajstić information content (AvgIpc) is 2.38. The number of carbonyl (C=O) groups is 2. The number of rotatable bonds is 3. The smallest absolute Gasteiger partial charge is 0.350 e. The molecule has 0 saturated carbocycles. The zero-order valence-corrected chi connectivity index (χ0v) is 12.3. The maximum absolute atomic E-state index is 11.7. The molecule has 0 bridgehead atoms. The van der Waals surface area contributed by atoms with E-state index in [2.05, 4.69) is 5.32 Å². The fourth-order valence-corrected chi connectivity index (χ4v) is 1.84. The summed E-state index contributed by atoms with van der Waals surface area (Å²) in [6, 6.07) is 3.72. The molecule has 9 heteroatoms. The number of anilines is 1. The monoisotopic (exact) mass is 326 g/mol. The van der Waals surface area contributed by atoms with Gasteiger partial charge in [-0.15, -0.1) is 0 Å². The number of carbonyl (C=O) groups excluding carboxylic acids is 2. The third-order valence-electron chi connectivity index (χ3n) is 2.65. The topological polar surface area (TPSA) is 108 Å². The normalized spacial score (nSPS) is 16.6. The number of halogens is 1. The second-order valence-electron chi connectivity index (χ2n) is 4.80. The van der Waals surface area contributed by atoms with Crippen LogP contribution in [0.15, 0.2) is 30.0 Å². The summed E-state index contributed by atoms with van der Waals surface area (Å²) in [4.78, 5) is 33.6. The number of nitro benzene ring substituents is 1. The van der Waals surface area contributed by atoms with Gasteiger partial charge in [0, 0.05) is 32.2 Å². The molecule has 0 aromatic heterocycles. The Kier molecular flexibility index (Phi) is 4.05. The molecule has 1 N–H and O–H groups in total. The van der Waals surface area contributed by atoms with Gasteiger partial charge < -0.3 is 14.8 Å². The SMILES string of the molecule is CC1(C)OC(=O)C(=CNc2cc([N+](=O)[O-])ccc2Cl)C(=O)O1. The Bertz CT molecular complexity index is 676. The molecule has 1 fully saturated rings. The number of ether oxygens (including phenoxy) is 2. The van der Waals surface area contributed by atoms with Crippen molar-refractivity contribution in [3.8, 4) is 0 Å². The van der Waals surface area contributed by atoms with E-state index in [1.54, 1.807) is 0 Å². The van der Waals surface area contributed by atoms with E-state index in [4.69, 9.17) is 21.1 Å². The highest BCUT2D eigenvalue weighted by atomic mass is 35.5. The van der Waals surface area contributed by atoms with Gasteiger partial charge >= 0.3 is 11.9 Å². The van der Waals surface area contributed by atoms with Crippen LogP contribution in [-0.4, -0.2) is 22.6 Å². The van der Waals surface area contributed by atoms with Crippen LogP contribution in [0.4, 0.5) is 11.4 Å². The van der Waals surface area contributed by atoms with Crippen LogP contribution in [0.25, 0.3) is 0 Å². The molecule has 1 aromatic rings. The fourth-order valence-electron chi connectivity index (χ4n) is 1.67. The van der Waals surface area contributed by atoms with E-state index in [9.17, 15) is 19.7 Å². The van der Waals surface area contributed by atoms with E-state index in [1.165, 1.54) is 32.0 Å². The van der Waals surface area contributed by atoms with Crippen LogP contribution in [0.3, 0.4) is 0 Å². The molecule has 0 amide bonds. The Morgan fingerprint density at radius 3 is 2.41 bits per heavy atom. The van der Waals surface area contributed by atoms with Crippen LogP contribution in [-0.2, 0) is 19.1 Å². The molecule has 1 heterocycles. The zero-order valence-electron chi connectivity index (χ0n) is 11.6. The lowest BCUT2D eigenvalue weighted by molar-refractivity contribution is -0.384. The van der Waals surface area contributed by atoms with Gasteiger partial charge in [0.05, 0.1) is 15.6 Å². The van der Waals surface area contributed by atoms with Crippen molar-refractivity contribution < 1.29 is 24.0 Å². The molecule has 1 aromatic carbocycles. The molecular weight excluding hydrogens is 316 g/mol. The maximum atomic E-state index is 11.7. The third-order valence-corrected chi connectivity index (χ3v) is 2.98. The van der Waals surface area contributed by atoms with Crippen LogP contribution in [0.2, 0.25) is 5.02 Å². The van der Waals surface area contributed by atoms with Crippen molar-refractivity contribution in [3.63, 3.8) is 0 Å². The predicted molar refractivity (Wildman–Crippen MR) is 76.1 cm³/mol. The Balaban J connectivity index is 2.25. The zero-order chi connectivity index (χ0) is 16.5. The van der Waals surface area contributed by atoms with Gasteiger partial charge in [0.15, 0.2) is 5.57 Å². The van der Waals surface area contributed by atoms with Gasteiger partial charge in [0.1, 0.15) is 0 Å². The summed E-state index contributed by atoms with van der Waals surface area (Å²) >= 11 is 5.89. The van der Waals surface area contributed by atoms with Gasteiger partial charge in [-0.1, -0.05) is 11.6 Å². The molecule has 0 unspecified atom stereocenters. The number of nitrogens with one attached hydrogen (secondary N) is 1. The van der Waals surface area contributed by atoms with Crippen LogP contribution < -0.4 is 5.32 Å². The summed E-state index contributed by atoms with van der Waals surface area (Å²) in [5, 5.41) is 13.5. The van der Waals surface area contributed by atoms with Gasteiger partial charge in [-0.05, 0) is 6.07 Å². The molecule has 22 heavy (non-hydrogen) atoms. The molecule has 0 atom stereocenters. The molecule has 1 aliphatic heterocycles. The third kappa shape index (κ3) is 3.34. The fraction of sp³-hybridized carbons (Fsp3) is 0.231. The number of benzene rings is 1. The molecule has 0 aliphatic carbocycles. The van der Waals surface area contributed by atoms with Gasteiger partial charge in [-0.25, -0.2) is 9.59 Å². The van der Waals surface area contributed by atoms with Crippen molar-refractivity contribution in [2.45, 2.75) is 19.6 Å². The summed E-state index contributed by atoms with van der Waals surface area (Å²) in [5.74, 6) is -3.07. The van der Waals surface area contributed by atoms with Gasteiger partial charge in [-0.3, -0.25) is 10.1 Å². The summed E-state index contributed by atoms with van der Waals surface area (Å²) in [6.45, 7) is 2.84. The van der Waals surface area contributed by atoms with Gasteiger partial charge in [0.25, 0.3) is 11.5 Å². The highest BCUT2D eigenvalue weighted by Crippen LogP contribution is 2.28. The van der Waals surface area contributed by atoms with E-state index in [-0.39, 0.29) is 22.0 Å². The molecule has 2 rings (SSSR count). The molecule has 1 saturated heterocycles. The van der Waals surface area contributed by atoms with Gasteiger partial charge in [0.2, 0.25) is 0 Å². The first-order valence-electron chi connectivity index (χ1n) is 6.07. The Labute approximate surface area is 129 Å². The largest absolute Gasteiger partial charge is 0.419 e. The highest BCUT2D eigenvalue weighted by molar-refractivity contribution is 6.33. The van der Waals surface area contributed by atoms with Gasteiger partial charge in [-0.2, -0.15) is 0 Å². The van der Waals surface area contributed by atoms with Crippen molar-refractivity contribution >= 4 is 34.9 Å². The predicted octanol–water partition coefficient (Wildman–Crippen LogP) is 2.38. The van der Waals surface area contributed by atoms with Crippen molar-refractivity contribution in [2.24, 2.45) is 0 Å². The van der Waals surface area contributed by atoms with Crippen molar-refractivity contribution in [1.29, 1.82) is 0 Å². The summed E-state index contributed by atoms with van der Waals surface area (Å²) < 4.78 is 9.81. The minimum Gasteiger partial charge on any atom is -0.419 e. The van der Waals surface area contributed by atoms with E-state index < -0.39 is 22.6 Å². The molecule has 0 radical (unpaired) electrons. The Morgan fingerprint density at radius 2 is 1.86 bits per heavy atom. The van der Waals surface area contributed by atoms with Crippen molar-refractivity contribution in [2.75, 3.05) is 5.32 Å². The molecule has 8 nitrogen and oxygen atoms in total. The van der Waals surface area contributed by atoms with Crippen LogP contribution in [0, 0.1) is 10.1 Å². The van der Waals surface area contributed by atoms with Crippen LogP contribution in [0.1, 0.15) is 13.8 Å². The second kappa shape index (κ2) is 5.64. The lowest BCUT2D eigenvalue weighted by Crippen LogP contribution is -2.42. The minimum atomic E-state index is -1.34. The number of esters is 2. The molecule has 0 spiro atoms. The average molecular weight is 327 g/mol. The minimum absolute atomic E-state index is 0.161. The first-order chi connectivity index (χ1) is 10.2. The second-order valence-corrected chi connectivity index (χ2v) is 5.21. The first-order valence-corrected chi connectivity index (χ1v) is 6.45. The number of hydrogen-bond acceptors (Lipinski definition) is 7. The van der Waals surface area contributed by atoms with E-state index in [0.717, 1.165) is 6.20 Å². The maximum Gasteiger partial charge on any atom is 0.350 e. The summed E-state index contributed by atoms with van der Waals surface area (Å²) in [7, 11) is 0. The highest BCUT2D eigenvalue weighted by Gasteiger charge is 2.38. The number of hydrogen-bond donors (Lipinski definition) is 1. The lowest BCUT2D eigenvalue weighted by atomic mass is 10.2. The van der Waals surface area contributed by atoms with Crippen molar-refractivity contribution in [1.82, 2.24) is 0 Å². The number of nitro groups is 1. The van der Waals surface area contributed by atoms with Crippen molar-refractivity contribution in [3.05, 3.63) is 45.1 Å². The Morgan fingerprint density at radius 1 is 1.27 bits per heavy atom.